The highest BCUT2D eigenvalue weighted by Gasteiger charge is 2.01. The summed E-state index contributed by atoms with van der Waals surface area (Å²) in [5.74, 6) is 2.53. The average molecular weight is 270 g/mol. The van der Waals surface area contributed by atoms with Gasteiger partial charge in [0, 0.05) is 19.2 Å². The van der Waals surface area contributed by atoms with Gasteiger partial charge in [0.15, 0.2) is 0 Å². The molecule has 1 aromatic carbocycles. The molecule has 0 saturated heterocycles. The largest absolute Gasteiger partial charge is 0.370 e. The maximum Gasteiger partial charge on any atom is 0.131 e. The van der Waals surface area contributed by atoms with E-state index in [2.05, 4.69) is 58.7 Å². The van der Waals surface area contributed by atoms with Gasteiger partial charge >= 0.3 is 0 Å². The Bertz CT molecular complexity index is 566. The predicted molar refractivity (Wildman–Crippen MR) is 84.3 cm³/mol. The zero-order valence-electron chi connectivity index (χ0n) is 12.4. The number of hydrogen-bond donors (Lipinski definition) is 2. The Morgan fingerprint density at radius 2 is 1.70 bits per heavy atom. The first kappa shape index (κ1) is 14.3. The molecule has 0 amide bonds. The van der Waals surface area contributed by atoms with Gasteiger partial charge in [-0.25, -0.2) is 9.97 Å². The fraction of sp³-hybridized carbons (Fsp3) is 0.375. The van der Waals surface area contributed by atoms with Crippen LogP contribution < -0.4 is 10.6 Å². The van der Waals surface area contributed by atoms with Crippen LogP contribution in [0.5, 0.6) is 0 Å². The third kappa shape index (κ3) is 3.95. The van der Waals surface area contributed by atoms with Crippen molar-refractivity contribution in [2.45, 2.75) is 27.2 Å². The van der Waals surface area contributed by atoms with Crippen LogP contribution in [0.4, 0.5) is 11.6 Å². The van der Waals surface area contributed by atoms with Gasteiger partial charge in [0.2, 0.25) is 0 Å². The zero-order chi connectivity index (χ0) is 14.4. The van der Waals surface area contributed by atoms with Gasteiger partial charge in [0.05, 0.1) is 0 Å². The molecule has 2 aromatic rings. The fourth-order valence-electron chi connectivity index (χ4n) is 2.15. The van der Waals surface area contributed by atoms with Gasteiger partial charge in [-0.05, 0) is 38.3 Å². The molecule has 0 aliphatic carbocycles. The second-order valence-electron chi connectivity index (χ2n) is 4.82. The zero-order valence-corrected chi connectivity index (χ0v) is 12.4. The molecule has 2 rings (SSSR count). The Morgan fingerprint density at radius 3 is 2.40 bits per heavy atom. The number of rotatable bonds is 6. The second-order valence-corrected chi connectivity index (χ2v) is 4.82. The second kappa shape index (κ2) is 6.89. The van der Waals surface area contributed by atoms with Crippen molar-refractivity contribution >= 4 is 11.6 Å². The van der Waals surface area contributed by atoms with Crippen molar-refractivity contribution in [3.63, 3.8) is 0 Å². The summed E-state index contributed by atoms with van der Waals surface area (Å²) in [5, 5.41) is 6.58. The normalized spacial score (nSPS) is 10.3. The molecule has 1 aromatic heterocycles. The highest BCUT2D eigenvalue weighted by Crippen LogP contribution is 2.12. The monoisotopic (exact) mass is 270 g/mol. The number of hydrogen-bond acceptors (Lipinski definition) is 4. The van der Waals surface area contributed by atoms with Crippen molar-refractivity contribution in [1.29, 1.82) is 0 Å². The molecule has 0 radical (unpaired) electrons. The van der Waals surface area contributed by atoms with E-state index in [0.29, 0.717) is 0 Å². The summed E-state index contributed by atoms with van der Waals surface area (Å²) in [7, 11) is 0. The number of aryl methyl sites for hydroxylation is 2. The maximum absolute atomic E-state index is 4.41. The van der Waals surface area contributed by atoms with Crippen LogP contribution in [0.15, 0.2) is 30.3 Å². The van der Waals surface area contributed by atoms with Crippen LogP contribution in [0.1, 0.15) is 23.9 Å². The predicted octanol–water partition coefficient (Wildman–Crippen LogP) is 3.18. The highest BCUT2D eigenvalue weighted by atomic mass is 15.1. The molecule has 4 nitrogen and oxygen atoms in total. The Kier molecular flexibility index (Phi) is 4.93. The third-order valence-electron chi connectivity index (χ3n) is 3.16. The van der Waals surface area contributed by atoms with Crippen LogP contribution in [0, 0.1) is 13.8 Å². The number of aromatic nitrogens is 2. The minimum Gasteiger partial charge on any atom is -0.370 e. The van der Waals surface area contributed by atoms with Crippen molar-refractivity contribution < 1.29 is 0 Å². The highest BCUT2D eigenvalue weighted by molar-refractivity contribution is 5.47. The van der Waals surface area contributed by atoms with Crippen molar-refractivity contribution in [3.8, 4) is 0 Å². The molecular formula is C16H22N4. The van der Waals surface area contributed by atoms with Crippen molar-refractivity contribution in [3.05, 3.63) is 47.3 Å². The molecule has 0 unspecified atom stereocenters. The lowest BCUT2D eigenvalue weighted by Gasteiger charge is -2.10. The van der Waals surface area contributed by atoms with Crippen LogP contribution in [0.3, 0.4) is 0 Å². The van der Waals surface area contributed by atoms with E-state index in [-0.39, 0.29) is 0 Å². The third-order valence-corrected chi connectivity index (χ3v) is 3.16. The standard InChI is InChI=1S/C16H22N4/c1-4-17-15-11-16(20-13(3)19-15)18-10-9-14-8-6-5-7-12(14)2/h5-8,11H,4,9-10H2,1-3H3,(H2,17,18,19,20). The molecule has 1 heterocycles. The first-order chi connectivity index (χ1) is 9.69. The molecular weight excluding hydrogens is 248 g/mol. The van der Waals surface area contributed by atoms with Crippen molar-refractivity contribution in [1.82, 2.24) is 9.97 Å². The van der Waals surface area contributed by atoms with Gasteiger partial charge in [-0.3, -0.25) is 0 Å². The molecule has 0 spiro atoms. The Hall–Kier alpha value is -2.10. The molecule has 0 fully saturated rings. The Labute approximate surface area is 120 Å². The summed E-state index contributed by atoms with van der Waals surface area (Å²) in [6.45, 7) is 7.84. The van der Waals surface area contributed by atoms with E-state index in [1.807, 2.05) is 13.0 Å². The fourth-order valence-corrected chi connectivity index (χ4v) is 2.15. The molecule has 0 bridgehead atoms. The lowest BCUT2D eigenvalue weighted by Crippen LogP contribution is -2.09. The first-order valence-corrected chi connectivity index (χ1v) is 7.07. The molecule has 106 valence electrons. The Morgan fingerprint density at radius 1 is 1.00 bits per heavy atom. The topological polar surface area (TPSA) is 49.8 Å². The van der Waals surface area contributed by atoms with Gasteiger partial charge in [-0.1, -0.05) is 24.3 Å². The lowest BCUT2D eigenvalue weighted by molar-refractivity contribution is 0.971. The number of nitrogens with zero attached hydrogens (tertiary/aromatic N) is 2. The summed E-state index contributed by atoms with van der Waals surface area (Å²) in [6, 6.07) is 10.4. The molecule has 20 heavy (non-hydrogen) atoms. The van der Waals surface area contributed by atoms with Crippen LogP contribution in [-0.4, -0.2) is 23.1 Å². The smallest absolute Gasteiger partial charge is 0.131 e. The quantitative estimate of drug-likeness (QED) is 0.846. The van der Waals surface area contributed by atoms with Gasteiger partial charge in [0.25, 0.3) is 0 Å². The van der Waals surface area contributed by atoms with E-state index in [1.165, 1.54) is 11.1 Å². The van der Waals surface area contributed by atoms with Crippen LogP contribution in [0.25, 0.3) is 0 Å². The average Bonchev–Trinajstić information content (AvgIpc) is 2.41. The van der Waals surface area contributed by atoms with E-state index in [4.69, 9.17) is 0 Å². The van der Waals surface area contributed by atoms with E-state index >= 15 is 0 Å². The van der Waals surface area contributed by atoms with E-state index in [1.54, 1.807) is 0 Å². The number of benzene rings is 1. The van der Waals surface area contributed by atoms with E-state index in [9.17, 15) is 0 Å². The van der Waals surface area contributed by atoms with Gasteiger partial charge < -0.3 is 10.6 Å². The molecule has 4 heteroatoms. The van der Waals surface area contributed by atoms with Crippen molar-refractivity contribution in [2.24, 2.45) is 0 Å². The molecule has 0 aliphatic rings. The van der Waals surface area contributed by atoms with Gasteiger partial charge in [-0.2, -0.15) is 0 Å². The summed E-state index contributed by atoms with van der Waals surface area (Å²) < 4.78 is 0. The number of anilines is 2. The maximum atomic E-state index is 4.41. The molecule has 0 aliphatic heterocycles. The summed E-state index contributed by atoms with van der Waals surface area (Å²) in [5.41, 5.74) is 2.71. The van der Waals surface area contributed by atoms with Crippen LogP contribution in [0.2, 0.25) is 0 Å². The minimum atomic E-state index is 0.779. The molecule has 2 N–H and O–H groups in total. The lowest BCUT2D eigenvalue weighted by atomic mass is 10.1. The summed E-state index contributed by atoms with van der Waals surface area (Å²) in [6.07, 6.45) is 0.992. The first-order valence-electron chi connectivity index (χ1n) is 7.07. The van der Waals surface area contributed by atoms with Gasteiger partial charge in [-0.15, -0.1) is 0 Å². The van der Waals surface area contributed by atoms with Crippen molar-refractivity contribution in [2.75, 3.05) is 23.7 Å². The van der Waals surface area contributed by atoms with Gasteiger partial charge in [0.1, 0.15) is 17.5 Å². The summed E-state index contributed by atoms with van der Waals surface area (Å²) >= 11 is 0. The minimum absolute atomic E-state index is 0.779. The van der Waals surface area contributed by atoms with Crippen LogP contribution >= 0.6 is 0 Å². The molecule has 0 atom stereocenters. The van der Waals surface area contributed by atoms with E-state index < -0.39 is 0 Å². The van der Waals surface area contributed by atoms with E-state index in [0.717, 1.165) is 37.0 Å². The summed E-state index contributed by atoms with van der Waals surface area (Å²) in [4.78, 5) is 8.75. The van der Waals surface area contributed by atoms with Crippen LogP contribution in [-0.2, 0) is 6.42 Å². The number of nitrogens with one attached hydrogen (secondary N) is 2. The molecule has 0 saturated carbocycles. The Balaban J connectivity index is 1.95. The SMILES string of the molecule is CCNc1cc(NCCc2ccccc2C)nc(C)n1.